The molecular weight excluding hydrogens is 613 g/mol. The average molecular weight is 641 g/mol. The minimum Gasteiger partial charge on any atom is -0.309 e. The third kappa shape index (κ3) is 3.28. The van der Waals surface area contributed by atoms with Gasteiger partial charge in [-0.3, -0.25) is 0 Å². The zero-order valence-corrected chi connectivity index (χ0v) is 27.3. The Morgan fingerprint density at radius 3 is 1.86 bits per heavy atom. The SMILES string of the molecule is c1ccc2c(c1)N(c1ccc3ccc4cccc5ccc1c3c45)c1cccc3c1[SH]2c1cc(-n2c4ccccc4c4ccccc42)ccc1-3. The number of thiol groups is 1. The van der Waals surface area contributed by atoms with E-state index in [4.69, 9.17) is 0 Å². The average Bonchev–Trinajstić information content (AvgIpc) is 3.68. The second-order valence-corrected chi connectivity index (χ2v) is 15.4. The van der Waals surface area contributed by atoms with Crippen molar-refractivity contribution in [2.24, 2.45) is 0 Å². The van der Waals surface area contributed by atoms with Crippen LogP contribution in [0.1, 0.15) is 0 Å². The number of fused-ring (bicyclic) bond motifs is 8. The Morgan fingerprint density at radius 2 is 1.04 bits per heavy atom. The van der Waals surface area contributed by atoms with Crippen molar-refractivity contribution in [1.29, 1.82) is 0 Å². The van der Waals surface area contributed by atoms with E-state index in [0.717, 1.165) is 0 Å². The van der Waals surface area contributed by atoms with Crippen molar-refractivity contribution in [3.05, 3.63) is 164 Å². The van der Waals surface area contributed by atoms with Gasteiger partial charge in [0.15, 0.2) is 0 Å². The quantitative estimate of drug-likeness (QED) is 0.146. The van der Waals surface area contributed by atoms with E-state index >= 15 is 0 Å². The Balaban J connectivity index is 1.11. The monoisotopic (exact) mass is 640 g/mol. The van der Waals surface area contributed by atoms with Gasteiger partial charge in [-0.1, -0.05) is 115 Å². The number of anilines is 3. The molecule has 0 saturated carbocycles. The van der Waals surface area contributed by atoms with Crippen molar-refractivity contribution in [3.63, 3.8) is 0 Å². The standard InChI is InChI=1S/C46H28N2S/c1-3-14-37-32(11-1)33-12-2-4-15-38(33)47(37)31-23-25-34-35-13-8-17-41-46(35)49(43(34)27-31)42-18-6-5-16-40(42)48(41)39-26-22-30-20-19-28-9-7-10-29-21-24-36(39)45(30)44(28)29/h1-27,49H. The third-order valence-electron chi connectivity index (χ3n) is 10.9. The Bertz CT molecular complexity index is 2960. The van der Waals surface area contributed by atoms with Crippen LogP contribution in [0, 0.1) is 0 Å². The maximum Gasteiger partial charge on any atom is 0.0593 e. The van der Waals surface area contributed by atoms with Gasteiger partial charge in [-0.15, -0.1) is 0 Å². The molecule has 0 amide bonds. The summed E-state index contributed by atoms with van der Waals surface area (Å²) in [5, 5.41) is 10.5. The molecule has 0 bridgehead atoms. The number of hydrogen-bond acceptors (Lipinski definition) is 1. The molecule has 9 aromatic carbocycles. The predicted molar refractivity (Wildman–Crippen MR) is 208 cm³/mol. The van der Waals surface area contributed by atoms with Gasteiger partial charge < -0.3 is 9.47 Å². The van der Waals surface area contributed by atoms with Crippen LogP contribution in [-0.4, -0.2) is 4.57 Å². The Hall–Kier alpha value is -6.03. The van der Waals surface area contributed by atoms with Crippen LogP contribution in [0.5, 0.6) is 0 Å². The third-order valence-corrected chi connectivity index (χ3v) is 13.6. The van der Waals surface area contributed by atoms with Crippen molar-refractivity contribution < 1.29 is 0 Å². The van der Waals surface area contributed by atoms with Crippen molar-refractivity contribution in [1.82, 2.24) is 4.57 Å². The predicted octanol–water partition coefficient (Wildman–Crippen LogP) is 12.9. The largest absolute Gasteiger partial charge is 0.309 e. The molecule has 2 nitrogen and oxygen atoms in total. The Labute approximate surface area is 285 Å². The summed E-state index contributed by atoms with van der Waals surface area (Å²) in [5.41, 5.74) is 10.3. The summed E-state index contributed by atoms with van der Waals surface area (Å²) in [7, 11) is -0.758. The second-order valence-electron chi connectivity index (χ2n) is 13.3. The van der Waals surface area contributed by atoms with E-state index in [1.54, 1.807) is 0 Å². The number of nitrogens with zero attached hydrogens (tertiary/aromatic N) is 2. The second kappa shape index (κ2) is 9.31. The molecule has 0 N–H and O–H groups in total. The van der Waals surface area contributed by atoms with E-state index in [-0.39, 0.29) is 0 Å². The summed E-state index contributed by atoms with van der Waals surface area (Å²) >= 11 is 0. The zero-order chi connectivity index (χ0) is 31.8. The first-order valence-corrected chi connectivity index (χ1v) is 18.3. The summed E-state index contributed by atoms with van der Waals surface area (Å²) in [6.45, 7) is 0. The molecule has 0 spiro atoms. The van der Waals surface area contributed by atoms with Crippen LogP contribution in [0.4, 0.5) is 17.1 Å². The molecule has 12 rings (SSSR count). The molecule has 2 aliphatic rings. The molecule has 1 aromatic heterocycles. The van der Waals surface area contributed by atoms with Gasteiger partial charge >= 0.3 is 0 Å². The lowest BCUT2D eigenvalue weighted by molar-refractivity contribution is 1.16. The summed E-state index contributed by atoms with van der Waals surface area (Å²) in [4.78, 5) is 6.88. The van der Waals surface area contributed by atoms with E-state index in [0.29, 0.717) is 0 Å². The highest BCUT2D eigenvalue weighted by molar-refractivity contribution is 8.18. The molecule has 2 aliphatic heterocycles. The van der Waals surface area contributed by atoms with Crippen LogP contribution >= 0.6 is 10.9 Å². The molecule has 3 heteroatoms. The first-order chi connectivity index (χ1) is 24.3. The number of hydrogen-bond donors (Lipinski definition) is 1. The van der Waals surface area contributed by atoms with Crippen molar-refractivity contribution in [2.75, 3.05) is 4.90 Å². The van der Waals surface area contributed by atoms with Crippen molar-refractivity contribution >= 4 is 82.1 Å². The molecule has 0 saturated heterocycles. The van der Waals surface area contributed by atoms with E-state index in [1.165, 1.54) is 103 Å². The van der Waals surface area contributed by atoms with Crippen molar-refractivity contribution in [3.8, 4) is 16.8 Å². The highest BCUT2D eigenvalue weighted by Gasteiger charge is 2.38. The van der Waals surface area contributed by atoms with Gasteiger partial charge in [-0.25, -0.2) is 0 Å². The molecule has 1 atom stereocenters. The van der Waals surface area contributed by atoms with Crippen LogP contribution < -0.4 is 4.90 Å². The molecule has 49 heavy (non-hydrogen) atoms. The molecule has 0 fully saturated rings. The van der Waals surface area contributed by atoms with E-state index in [2.05, 4.69) is 173 Å². The zero-order valence-electron chi connectivity index (χ0n) is 26.4. The first kappa shape index (κ1) is 26.0. The van der Waals surface area contributed by atoms with Gasteiger partial charge in [-0.2, -0.15) is 10.9 Å². The Morgan fingerprint density at radius 1 is 0.388 bits per heavy atom. The van der Waals surface area contributed by atoms with E-state index in [1.807, 2.05) is 0 Å². The van der Waals surface area contributed by atoms with Gasteiger partial charge in [0.05, 0.1) is 28.1 Å². The van der Waals surface area contributed by atoms with Gasteiger partial charge in [0.25, 0.3) is 0 Å². The van der Waals surface area contributed by atoms with Crippen LogP contribution in [0.2, 0.25) is 0 Å². The smallest absolute Gasteiger partial charge is 0.0593 e. The summed E-state index contributed by atoms with van der Waals surface area (Å²) in [6, 6.07) is 61.4. The fraction of sp³-hybridized carbons (Fsp3) is 0. The minimum absolute atomic E-state index is 0.758. The molecule has 0 aliphatic carbocycles. The lowest BCUT2D eigenvalue weighted by Gasteiger charge is -2.38. The maximum absolute atomic E-state index is 2.55. The summed E-state index contributed by atoms with van der Waals surface area (Å²) in [6.07, 6.45) is 0. The molecule has 10 aromatic rings. The highest BCUT2D eigenvalue weighted by atomic mass is 32.2. The van der Waals surface area contributed by atoms with Crippen LogP contribution in [0.25, 0.3) is 70.9 Å². The number of benzene rings is 9. The molecular formula is C46H28N2S. The van der Waals surface area contributed by atoms with Crippen LogP contribution in [0.15, 0.2) is 178 Å². The fourth-order valence-corrected chi connectivity index (χ4v) is 11.9. The lowest BCUT2D eigenvalue weighted by Crippen LogP contribution is -2.16. The molecule has 1 unspecified atom stereocenters. The number of para-hydroxylation sites is 3. The maximum atomic E-state index is 2.55. The minimum atomic E-state index is -0.758. The molecule has 3 heterocycles. The van der Waals surface area contributed by atoms with Gasteiger partial charge in [-0.05, 0) is 86.6 Å². The highest BCUT2D eigenvalue weighted by Crippen LogP contribution is 2.71. The fourth-order valence-electron chi connectivity index (χ4n) is 8.95. The van der Waals surface area contributed by atoms with Gasteiger partial charge in [0.2, 0.25) is 0 Å². The molecule has 0 radical (unpaired) electrons. The van der Waals surface area contributed by atoms with E-state index < -0.39 is 10.9 Å². The van der Waals surface area contributed by atoms with E-state index in [9.17, 15) is 0 Å². The number of rotatable bonds is 2. The number of aromatic nitrogens is 1. The van der Waals surface area contributed by atoms with Crippen molar-refractivity contribution in [2.45, 2.75) is 14.7 Å². The van der Waals surface area contributed by atoms with Crippen LogP contribution in [-0.2, 0) is 0 Å². The Kier molecular flexibility index (Phi) is 4.94. The molecule has 228 valence electrons. The van der Waals surface area contributed by atoms with Crippen LogP contribution in [0.3, 0.4) is 0 Å². The lowest BCUT2D eigenvalue weighted by atomic mass is 9.93. The normalized spacial score (nSPS) is 15.4. The topological polar surface area (TPSA) is 8.17 Å². The summed E-state index contributed by atoms with van der Waals surface area (Å²) in [5.74, 6) is 0. The first-order valence-electron chi connectivity index (χ1n) is 17.0. The van der Waals surface area contributed by atoms with Gasteiger partial charge in [0, 0.05) is 36.5 Å². The van der Waals surface area contributed by atoms with Gasteiger partial charge in [0.1, 0.15) is 0 Å². The summed E-state index contributed by atoms with van der Waals surface area (Å²) < 4.78 is 2.46.